The summed E-state index contributed by atoms with van der Waals surface area (Å²) in [6.07, 6.45) is 12.7. The average molecular weight is 540 g/mol. The van der Waals surface area contributed by atoms with Crippen LogP contribution in [0.2, 0.25) is 0 Å². The van der Waals surface area contributed by atoms with E-state index in [-0.39, 0.29) is 6.04 Å². The van der Waals surface area contributed by atoms with Gasteiger partial charge in [-0.05, 0) is 116 Å². The summed E-state index contributed by atoms with van der Waals surface area (Å²) in [5.41, 5.74) is 4.87. The smallest absolute Gasteiger partial charge is 0.0697 e. The Bertz CT molecular complexity index is 956. The third-order valence-corrected chi connectivity index (χ3v) is 9.32. The first-order valence-electron chi connectivity index (χ1n) is 15.1. The number of piperidine rings is 2. The Morgan fingerprint density at radius 3 is 1.74 bits per heavy atom. The van der Waals surface area contributed by atoms with Gasteiger partial charge in [-0.3, -0.25) is 20.0 Å². The van der Waals surface area contributed by atoms with Crippen molar-refractivity contribution in [2.75, 3.05) is 19.6 Å². The first kappa shape index (κ1) is 29.4. The molecule has 4 aliphatic rings. The molecule has 1 saturated carbocycles. The highest BCUT2D eigenvalue weighted by Gasteiger charge is 2.28. The van der Waals surface area contributed by atoms with Crippen LogP contribution in [0.25, 0.3) is 0 Å². The molecule has 0 amide bonds. The first-order valence-corrected chi connectivity index (χ1v) is 15.5. The molecule has 0 aromatic carbocycles. The van der Waals surface area contributed by atoms with E-state index in [9.17, 15) is 0 Å². The number of nitrogens with one attached hydrogen (secondary N) is 2. The van der Waals surface area contributed by atoms with Gasteiger partial charge in [0, 0.05) is 47.0 Å². The first-order chi connectivity index (χ1) is 18.4. The number of hydrogen-bond acceptors (Lipinski definition) is 8. The van der Waals surface area contributed by atoms with Crippen LogP contribution in [0.15, 0.2) is 25.0 Å². The van der Waals surface area contributed by atoms with Gasteiger partial charge in [0.1, 0.15) is 0 Å². The van der Waals surface area contributed by atoms with E-state index in [4.69, 9.17) is 32.2 Å². The van der Waals surface area contributed by atoms with Gasteiger partial charge in [-0.1, -0.05) is 0 Å². The molecule has 0 aromatic rings. The highest BCUT2D eigenvalue weighted by Crippen LogP contribution is 2.30. The zero-order valence-corrected chi connectivity index (χ0v) is 24.9. The molecular formula is C30H49N7S. The van der Waals surface area contributed by atoms with Crippen LogP contribution >= 0.6 is 12.2 Å². The van der Waals surface area contributed by atoms with E-state index in [1.807, 2.05) is 0 Å². The fraction of sp³-hybridized carbons (Fsp3) is 0.833. The van der Waals surface area contributed by atoms with Gasteiger partial charge in [0.05, 0.1) is 36.9 Å². The Morgan fingerprint density at radius 2 is 1.21 bits per heavy atom. The van der Waals surface area contributed by atoms with Crippen molar-refractivity contribution in [1.82, 2.24) is 10.6 Å². The minimum absolute atomic E-state index is 0.221. The van der Waals surface area contributed by atoms with Crippen LogP contribution in [0.3, 0.4) is 0 Å². The molecule has 3 aliphatic heterocycles. The lowest BCUT2D eigenvalue weighted by molar-refractivity contribution is 0.296. The predicted octanol–water partition coefficient (Wildman–Crippen LogP) is 5.29. The van der Waals surface area contributed by atoms with Crippen molar-refractivity contribution < 1.29 is 0 Å². The molecule has 3 heterocycles. The van der Waals surface area contributed by atoms with Crippen molar-refractivity contribution in [3.63, 3.8) is 0 Å². The van der Waals surface area contributed by atoms with Crippen LogP contribution in [0.4, 0.5) is 0 Å². The third kappa shape index (κ3) is 8.45. The summed E-state index contributed by atoms with van der Waals surface area (Å²) in [7, 11) is 0. The molecule has 2 saturated heterocycles. The average Bonchev–Trinajstić information content (AvgIpc) is 2.94. The van der Waals surface area contributed by atoms with Crippen LogP contribution in [0, 0.1) is 5.92 Å². The van der Waals surface area contributed by atoms with Gasteiger partial charge >= 0.3 is 0 Å². The van der Waals surface area contributed by atoms with Gasteiger partial charge in [-0.25, -0.2) is 4.99 Å². The Kier molecular flexibility index (Phi) is 11.4. The zero-order valence-electron chi connectivity index (χ0n) is 24.1. The van der Waals surface area contributed by atoms with Crippen LogP contribution in [-0.4, -0.2) is 83.9 Å². The Balaban J connectivity index is 1.55. The number of rotatable bonds is 3. The van der Waals surface area contributed by atoms with Gasteiger partial charge in [-0.15, -0.1) is 0 Å². The monoisotopic (exact) mass is 539 g/mol. The normalized spacial score (nSPS) is 35.8. The summed E-state index contributed by atoms with van der Waals surface area (Å²) < 4.78 is 0. The highest BCUT2D eigenvalue weighted by molar-refractivity contribution is 7.78. The Morgan fingerprint density at radius 1 is 0.711 bits per heavy atom. The van der Waals surface area contributed by atoms with E-state index < -0.39 is 0 Å². The van der Waals surface area contributed by atoms with Gasteiger partial charge in [-0.2, -0.15) is 0 Å². The summed E-state index contributed by atoms with van der Waals surface area (Å²) in [4.78, 5) is 24.7. The van der Waals surface area contributed by atoms with E-state index in [1.165, 1.54) is 48.5 Å². The van der Waals surface area contributed by atoms with Crippen LogP contribution in [0.1, 0.15) is 98.3 Å². The molecule has 5 atom stereocenters. The van der Waals surface area contributed by atoms with E-state index in [1.54, 1.807) is 0 Å². The molecule has 3 fully saturated rings. The van der Waals surface area contributed by atoms with Crippen molar-refractivity contribution in [2.24, 2.45) is 30.9 Å². The highest BCUT2D eigenvalue weighted by atomic mass is 32.1. The molecule has 2 N–H and O–H groups in total. The molecule has 0 spiro atoms. The second-order valence-electron chi connectivity index (χ2n) is 12.0. The third-order valence-electron chi connectivity index (χ3n) is 9.21. The Hall–Kier alpha value is -1.60. The number of fused-ring (bicyclic) bond motifs is 4. The minimum Gasteiger partial charge on any atom is -0.301 e. The van der Waals surface area contributed by atoms with Crippen molar-refractivity contribution >= 4 is 40.2 Å². The molecule has 0 radical (unpaired) electrons. The summed E-state index contributed by atoms with van der Waals surface area (Å²) in [6.45, 7) is 11.1. The zero-order chi connectivity index (χ0) is 26.9. The molecule has 8 heteroatoms. The molecule has 4 rings (SSSR count). The number of hydrogen-bond donors (Lipinski definition) is 2. The summed E-state index contributed by atoms with van der Waals surface area (Å²) >= 11 is 4.84. The summed E-state index contributed by atoms with van der Waals surface area (Å²) in [5, 5.41) is 10.3. The Labute approximate surface area is 235 Å². The summed E-state index contributed by atoms with van der Waals surface area (Å²) in [6, 6.07) is 1.90. The van der Waals surface area contributed by atoms with Crippen molar-refractivity contribution in [3.8, 4) is 0 Å². The van der Waals surface area contributed by atoms with Gasteiger partial charge < -0.3 is 10.6 Å². The lowest BCUT2D eigenvalue weighted by Crippen LogP contribution is -2.50. The van der Waals surface area contributed by atoms with Crippen LogP contribution in [0.5, 0.6) is 0 Å². The van der Waals surface area contributed by atoms with Crippen LogP contribution in [-0.2, 0) is 0 Å². The fourth-order valence-electron chi connectivity index (χ4n) is 6.74. The van der Waals surface area contributed by atoms with E-state index in [0.29, 0.717) is 36.1 Å². The van der Waals surface area contributed by atoms with Gasteiger partial charge in [0.2, 0.25) is 0 Å². The predicted molar refractivity (Wildman–Crippen MR) is 165 cm³/mol. The van der Waals surface area contributed by atoms with E-state index in [0.717, 1.165) is 64.6 Å². The molecule has 0 aromatic heterocycles. The maximum Gasteiger partial charge on any atom is 0.0697 e. The molecule has 7 nitrogen and oxygen atoms in total. The van der Waals surface area contributed by atoms with E-state index >= 15 is 0 Å². The van der Waals surface area contributed by atoms with Crippen LogP contribution < -0.4 is 10.6 Å². The van der Waals surface area contributed by atoms with E-state index in [2.05, 4.69) is 48.5 Å². The molecular weight excluding hydrogens is 490 g/mol. The minimum atomic E-state index is 0.221. The molecule has 210 valence electrons. The molecule has 4 bridgehead atoms. The number of aliphatic imine (C=N–C) groups is 5. The quantitative estimate of drug-likeness (QED) is 0.378. The second kappa shape index (κ2) is 14.7. The topological polar surface area (TPSA) is 85.9 Å². The van der Waals surface area contributed by atoms with Crippen molar-refractivity contribution in [2.45, 2.75) is 135 Å². The fourth-order valence-corrected chi connectivity index (χ4v) is 6.89. The number of isothiocyanates is 1. The maximum absolute atomic E-state index is 5.38. The maximum atomic E-state index is 5.38. The van der Waals surface area contributed by atoms with Crippen molar-refractivity contribution in [3.05, 3.63) is 0 Å². The molecule has 5 unspecified atom stereocenters. The molecule has 38 heavy (non-hydrogen) atoms. The number of thiocarbonyl (C=S) groups is 1. The van der Waals surface area contributed by atoms with Crippen molar-refractivity contribution in [1.29, 1.82) is 0 Å². The van der Waals surface area contributed by atoms with Gasteiger partial charge in [0.15, 0.2) is 0 Å². The number of nitrogens with zero attached hydrogens (tertiary/aromatic N) is 5. The lowest BCUT2D eigenvalue weighted by atomic mass is 9.82. The lowest BCUT2D eigenvalue weighted by Gasteiger charge is -2.33. The summed E-state index contributed by atoms with van der Waals surface area (Å²) in [5.74, 6) is 0.680. The SMILES string of the molecule is CC1=NCCN=C(C)C2CCCC(N2)C(C)=NC(CC2CCC(N=C=S)CC2)CN=C(C)C2CCCC1N2. The van der Waals surface area contributed by atoms with Gasteiger partial charge in [0.25, 0.3) is 0 Å². The largest absolute Gasteiger partial charge is 0.301 e. The standard InChI is InChI=1S/C30H49N7S/c1-20-27-7-5-9-29(36-27)22(3)33-18-26(17-24-11-13-25(14-12-24)34-19-38)35-23(4)30-10-6-8-28(37-30)21(2)32-16-15-31-20/h24-30,36-37H,5-18H2,1-4H3. The molecule has 1 aliphatic carbocycles. The second-order valence-corrected chi connectivity index (χ2v) is 12.2.